The monoisotopic (exact) mass is 748 g/mol. The van der Waals surface area contributed by atoms with Crippen LogP contribution < -0.4 is 0 Å². The summed E-state index contributed by atoms with van der Waals surface area (Å²) in [6.07, 6.45) is 5.54. The standard InChI is InChI=1S/C46H52N8O2/c1-7-53(45(55)41(51(3)4)36-15-10-8-11-16-36)31(2)43-47-29-38(49-43)34-24-20-32(21-25-34)33-22-26-35(27-23-33)39-30-48-44(50-39)40-19-14-28-54(40)46(56)42(52(5)6)37-17-12-9-13-18-37/h8-13,15-18,20-27,29-31,40-42H,7,14,19,28H2,1-6H3,(H,47,49)(H,48,50)/t31-,40-,41+,42+/m0/s1. The first kappa shape index (κ1) is 38.4. The molecule has 0 bridgehead atoms. The second-order valence-corrected chi connectivity index (χ2v) is 15.1. The van der Waals surface area contributed by atoms with Gasteiger partial charge in [0.1, 0.15) is 23.7 Å². The van der Waals surface area contributed by atoms with E-state index in [2.05, 4.69) is 58.5 Å². The van der Waals surface area contributed by atoms with Crippen LogP contribution in [0.5, 0.6) is 0 Å². The quantitative estimate of drug-likeness (QED) is 0.123. The zero-order valence-electron chi connectivity index (χ0n) is 33.2. The molecule has 1 fully saturated rings. The van der Waals surface area contributed by atoms with E-state index in [-0.39, 0.29) is 36.0 Å². The molecule has 2 amide bonds. The number of likely N-dealkylation sites (tertiary alicyclic amines) is 1. The number of imidazole rings is 2. The van der Waals surface area contributed by atoms with Gasteiger partial charge in [-0.05, 0) is 88.3 Å². The molecule has 0 spiro atoms. The van der Waals surface area contributed by atoms with Crippen molar-refractivity contribution in [1.82, 2.24) is 39.5 Å². The van der Waals surface area contributed by atoms with Gasteiger partial charge in [0.25, 0.3) is 0 Å². The third-order valence-corrected chi connectivity index (χ3v) is 11.0. The van der Waals surface area contributed by atoms with E-state index in [0.717, 1.165) is 75.8 Å². The maximum absolute atomic E-state index is 13.9. The van der Waals surface area contributed by atoms with Crippen molar-refractivity contribution in [2.75, 3.05) is 41.3 Å². The predicted octanol–water partition coefficient (Wildman–Crippen LogP) is 8.31. The van der Waals surface area contributed by atoms with E-state index < -0.39 is 0 Å². The third-order valence-electron chi connectivity index (χ3n) is 11.0. The van der Waals surface area contributed by atoms with Gasteiger partial charge >= 0.3 is 0 Å². The van der Waals surface area contributed by atoms with Crippen LogP contribution in [0.2, 0.25) is 0 Å². The molecule has 0 unspecified atom stereocenters. The largest absolute Gasteiger partial charge is 0.340 e. The second kappa shape index (κ2) is 16.9. The van der Waals surface area contributed by atoms with Gasteiger partial charge in [-0.2, -0.15) is 0 Å². The molecule has 1 saturated heterocycles. The molecule has 3 heterocycles. The molecular formula is C46H52N8O2. The fourth-order valence-electron chi connectivity index (χ4n) is 8.02. The SMILES string of the molecule is CCN(C(=O)[C@@H](c1ccccc1)N(C)C)[C@@H](C)c1ncc(-c2ccc(-c3ccc(-c4cnc([C@@H]5CCCN5C(=O)[C@@H](c5ccccc5)N(C)C)[nH]4)cc3)cc2)[nH]1. The number of aromatic nitrogens is 4. The second-order valence-electron chi connectivity index (χ2n) is 15.1. The Labute approximate surface area is 330 Å². The maximum atomic E-state index is 13.9. The fourth-order valence-corrected chi connectivity index (χ4v) is 8.02. The van der Waals surface area contributed by atoms with Crippen LogP contribution in [0.4, 0.5) is 0 Å². The summed E-state index contributed by atoms with van der Waals surface area (Å²) < 4.78 is 0. The Hall–Kier alpha value is -5.84. The lowest BCUT2D eigenvalue weighted by Gasteiger charge is -2.33. The Morgan fingerprint density at radius 1 is 0.696 bits per heavy atom. The minimum atomic E-state index is -0.381. The fraction of sp³-hybridized carbons (Fsp3) is 0.304. The number of nitrogens with zero attached hydrogens (tertiary/aromatic N) is 6. The number of amides is 2. The molecule has 56 heavy (non-hydrogen) atoms. The molecule has 2 aromatic heterocycles. The molecule has 2 N–H and O–H groups in total. The molecule has 4 atom stereocenters. The average molecular weight is 749 g/mol. The highest BCUT2D eigenvalue weighted by Crippen LogP contribution is 2.36. The van der Waals surface area contributed by atoms with Crippen LogP contribution in [0.1, 0.15) is 73.6 Å². The van der Waals surface area contributed by atoms with Gasteiger partial charge in [-0.1, -0.05) is 109 Å². The summed E-state index contributed by atoms with van der Waals surface area (Å²) in [5, 5.41) is 0. The van der Waals surface area contributed by atoms with Gasteiger partial charge in [-0.3, -0.25) is 19.4 Å². The molecule has 4 aromatic carbocycles. The number of nitrogens with one attached hydrogen (secondary N) is 2. The van der Waals surface area contributed by atoms with Gasteiger partial charge in [0.15, 0.2) is 0 Å². The van der Waals surface area contributed by atoms with Gasteiger partial charge in [-0.15, -0.1) is 0 Å². The molecular weight excluding hydrogens is 697 g/mol. The Morgan fingerprint density at radius 2 is 1.20 bits per heavy atom. The van der Waals surface area contributed by atoms with E-state index in [0.29, 0.717) is 6.54 Å². The number of benzene rings is 4. The minimum Gasteiger partial charge on any atom is -0.340 e. The summed E-state index contributed by atoms with van der Waals surface area (Å²) in [6, 6.07) is 35.8. The number of carbonyl (C=O) groups excluding carboxylic acids is 2. The molecule has 0 aliphatic carbocycles. The van der Waals surface area contributed by atoms with Gasteiger partial charge < -0.3 is 19.8 Å². The van der Waals surface area contributed by atoms with E-state index in [1.807, 2.05) is 135 Å². The number of likely N-dealkylation sites (N-methyl/N-ethyl adjacent to an activating group) is 3. The van der Waals surface area contributed by atoms with Crippen LogP contribution in [0, 0.1) is 0 Å². The van der Waals surface area contributed by atoms with E-state index in [4.69, 9.17) is 9.97 Å². The molecule has 10 heteroatoms. The topological polar surface area (TPSA) is 104 Å². The van der Waals surface area contributed by atoms with E-state index in [1.54, 1.807) is 0 Å². The average Bonchev–Trinajstić information content (AvgIpc) is 4.01. The summed E-state index contributed by atoms with van der Waals surface area (Å²) in [4.78, 5) is 52.1. The molecule has 1 aliphatic rings. The summed E-state index contributed by atoms with van der Waals surface area (Å²) in [6.45, 7) is 5.32. The van der Waals surface area contributed by atoms with Crippen LogP contribution in [0.3, 0.4) is 0 Å². The first-order chi connectivity index (χ1) is 27.1. The van der Waals surface area contributed by atoms with Crippen LogP contribution in [-0.2, 0) is 9.59 Å². The van der Waals surface area contributed by atoms with E-state index in [1.165, 1.54) is 0 Å². The highest BCUT2D eigenvalue weighted by Gasteiger charge is 2.37. The summed E-state index contributed by atoms with van der Waals surface area (Å²) >= 11 is 0. The summed E-state index contributed by atoms with van der Waals surface area (Å²) in [7, 11) is 7.80. The van der Waals surface area contributed by atoms with Gasteiger partial charge in [0.05, 0.1) is 35.9 Å². The first-order valence-electron chi connectivity index (χ1n) is 19.5. The van der Waals surface area contributed by atoms with Crippen molar-refractivity contribution >= 4 is 11.8 Å². The maximum Gasteiger partial charge on any atom is 0.245 e. The molecule has 0 radical (unpaired) electrons. The zero-order valence-corrected chi connectivity index (χ0v) is 33.2. The normalized spacial score (nSPS) is 15.9. The zero-order chi connectivity index (χ0) is 39.3. The lowest BCUT2D eigenvalue weighted by atomic mass is 10.0. The van der Waals surface area contributed by atoms with Crippen molar-refractivity contribution in [2.24, 2.45) is 0 Å². The van der Waals surface area contributed by atoms with Crippen molar-refractivity contribution in [3.05, 3.63) is 144 Å². The number of hydrogen-bond acceptors (Lipinski definition) is 6. The molecule has 1 aliphatic heterocycles. The number of H-pyrrole nitrogens is 2. The molecule has 6 aromatic rings. The highest BCUT2D eigenvalue weighted by atomic mass is 16.2. The van der Waals surface area contributed by atoms with Gasteiger partial charge in [-0.25, -0.2) is 9.97 Å². The number of hydrogen-bond donors (Lipinski definition) is 2. The lowest BCUT2D eigenvalue weighted by molar-refractivity contribution is -0.139. The lowest BCUT2D eigenvalue weighted by Crippen LogP contribution is -2.42. The van der Waals surface area contributed by atoms with Crippen LogP contribution >= 0.6 is 0 Å². The smallest absolute Gasteiger partial charge is 0.245 e. The predicted molar refractivity (Wildman–Crippen MR) is 222 cm³/mol. The molecule has 0 saturated carbocycles. The van der Waals surface area contributed by atoms with Crippen LogP contribution in [-0.4, -0.2) is 92.6 Å². The van der Waals surface area contributed by atoms with Crippen LogP contribution in [0.25, 0.3) is 33.6 Å². The first-order valence-corrected chi connectivity index (χ1v) is 19.5. The van der Waals surface area contributed by atoms with Crippen molar-refractivity contribution < 1.29 is 9.59 Å². The Balaban J connectivity index is 1.01. The summed E-state index contributed by atoms with van der Waals surface area (Å²) in [5.41, 5.74) is 8.06. The summed E-state index contributed by atoms with van der Waals surface area (Å²) in [5.74, 6) is 1.72. The van der Waals surface area contributed by atoms with Crippen molar-refractivity contribution in [3.8, 4) is 33.6 Å². The number of aromatic amines is 2. The number of rotatable bonds is 13. The highest BCUT2D eigenvalue weighted by molar-refractivity contribution is 5.84. The van der Waals surface area contributed by atoms with Crippen molar-refractivity contribution in [3.63, 3.8) is 0 Å². The van der Waals surface area contributed by atoms with Crippen molar-refractivity contribution in [1.29, 1.82) is 0 Å². The third kappa shape index (κ3) is 7.94. The number of carbonyl (C=O) groups is 2. The van der Waals surface area contributed by atoms with E-state index in [9.17, 15) is 9.59 Å². The molecule has 288 valence electrons. The van der Waals surface area contributed by atoms with E-state index >= 15 is 0 Å². The van der Waals surface area contributed by atoms with Gasteiger partial charge in [0, 0.05) is 13.1 Å². The van der Waals surface area contributed by atoms with Gasteiger partial charge in [0.2, 0.25) is 11.8 Å². The Morgan fingerprint density at radius 3 is 1.73 bits per heavy atom. The Bertz CT molecular complexity index is 2210. The van der Waals surface area contributed by atoms with Crippen LogP contribution in [0.15, 0.2) is 122 Å². The Kier molecular flexibility index (Phi) is 11.6. The minimum absolute atomic E-state index is 0.0438. The van der Waals surface area contributed by atoms with Crippen molar-refractivity contribution in [2.45, 2.75) is 50.9 Å². The molecule has 7 rings (SSSR count). The molecule has 10 nitrogen and oxygen atoms in total.